The first-order chi connectivity index (χ1) is 13.3. The quantitative estimate of drug-likeness (QED) is 0.771. The zero-order chi connectivity index (χ0) is 20.3. The average molecular weight is 386 g/mol. The predicted molar refractivity (Wildman–Crippen MR) is 103 cm³/mol. The van der Waals surface area contributed by atoms with Crippen molar-refractivity contribution in [1.29, 1.82) is 0 Å². The summed E-state index contributed by atoms with van der Waals surface area (Å²) in [5.41, 5.74) is 3.99. The Hall–Kier alpha value is -2.76. The van der Waals surface area contributed by atoms with Gasteiger partial charge in [0.2, 0.25) is 11.8 Å². The molecule has 2 N–H and O–H groups in total. The second-order valence-electron chi connectivity index (χ2n) is 7.34. The molecule has 0 aromatic heterocycles. The van der Waals surface area contributed by atoms with Crippen LogP contribution in [0, 0.1) is 19.8 Å². The largest absolute Gasteiger partial charge is 0.347 e. The van der Waals surface area contributed by atoms with E-state index in [1.807, 2.05) is 62.4 Å². The second-order valence-corrected chi connectivity index (χ2v) is 7.34. The van der Waals surface area contributed by atoms with Gasteiger partial charge in [0.25, 0.3) is 6.43 Å². The van der Waals surface area contributed by atoms with Crippen molar-refractivity contribution >= 4 is 11.8 Å². The minimum atomic E-state index is -2.62. The summed E-state index contributed by atoms with van der Waals surface area (Å²) in [6.07, 6.45) is -2.43. The highest BCUT2D eigenvalue weighted by Crippen LogP contribution is 2.25. The van der Waals surface area contributed by atoms with Gasteiger partial charge in [-0.2, -0.15) is 0 Å². The number of hydrogen-bond donors (Lipinski definition) is 2. The van der Waals surface area contributed by atoms with Crippen molar-refractivity contribution in [3.63, 3.8) is 0 Å². The number of piperidine rings is 1. The van der Waals surface area contributed by atoms with E-state index in [0.29, 0.717) is 0 Å². The summed E-state index contributed by atoms with van der Waals surface area (Å²) >= 11 is 0. The van der Waals surface area contributed by atoms with Crippen LogP contribution in [0.2, 0.25) is 0 Å². The molecule has 3 rings (SSSR count). The van der Waals surface area contributed by atoms with Crippen LogP contribution in [0.1, 0.15) is 41.1 Å². The van der Waals surface area contributed by atoms with Gasteiger partial charge in [0, 0.05) is 0 Å². The molecule has 1 fully saturated rings. The van der Waals surface area contributed by atoms with Crippen molar-refractivity contribution in [3.8, 4) is 0 Å². The van der Waals surface area contributed by atoms with Crippen molar-refractivity contribution in [3.05, 3.63) is 70.8 Å². The number of amides is 2. The SMILES string of the molecule is Cc1ccc(C(NC(=O)C2CCC(C(F)F)NC2=O)c2ccc(C)cc2)cc1. The van der Waals surface area contributed by atoms with E-state index in [-0.39, 0.29) is 12.8 Å². The number of aryl methyl sites for hydroxylation is 2. The van der Waals surface area contributed by atoms with Crippen LogP contribution in [0.25, 0.3) is 0 Å². The van der Waals surface area contributed by atoms with Gasteiger partial charge in [0.05, 0.1) is 12.1 Å². The first kappa shape index (κ1) is 20.0. The molecular weight excluding hydrogens is 362 g/mol. The lowest BCUT2D eigenvalue weighted by Crippen LogP contribution is -2.52. The van der Waals surface area contributed by atoms with E-state index in [9.17, 15) is 18.4 Å². The highest BCUT2D eigenvalue weighted by atomic mass is 19.3. The number of alkyl halides is 2. The number of nitrogens with one attached hydrogen (secondary N) is 2. The number of rotatable bonds is 5. The minimum Gasteiger partial charge on any atom is -0.347 e. The molecule has 1 aliphatic rings. The summed E-state index contributed by atoms with van der Waals surface area (Å²) in [7, 11) is 0. The zero-order valence-corrected chi connectivity index (χ0v) is 15.9. The maximum absolute atomic E-state index is 12.8. The fourth-order valence-corrected chi connectivity index (χ4v) is 3.39. The van der Waals surface area contributed by atoms with Crippen LogP contribution >= 0.6 is 0 Å². The van der Waals surface area contributed by atoms with Gasteiger partial charge in [-0.1, -0.05) is 59.7 Å². The molecular formula is C22H24F2N2O2. The molecule has 4 nitrogen and oxygen atoms in total. The van der Waals surface area contributed by atoms with Gasteiger partial charge in [0.15, 0.2) is 0 Å². The van der Waals surface area contributed by atoms with E-state index < -0.39 is 36.2 Å². The third kappa shape index (κ3) is 4.55. The van der Waals surface area contributed by atoms with E-state index >= 15 is 0 Å². The third-order valence-corrected chi connectivity index (χ3v) is 5.14. The molecule has 1 aliphatic heterocycles. The summed E-state index contributed by atoms with van der Waals surface area (Å²) in [5, 5.41) is 5.21. The van der Waals surface area contributed by atoms with Gasteiger partial charge >= 0.3 is 0 Å². The molecule has 6 heteroatoms. The topological polar surface area (TPSA) is 58.2 Å². The summed E-state index contributed by atoms with van der Waals surface area (Å²) in [4.78, 5) is 25.0. The van der Waals surface area contributed by atoms with Crippen LogP contribution in [0.4, 0.5) is 8.78 Å². The highest BCUT2D eigenvalue weighted by Gasteiger charge is 2.37. The van der Waals surface area contributed by atoms with Crippen molar-refractivity contribution in [2.24, 2.45) is 5.92 Å². The third-order valence-electron chi connectivity index (χ3n) is 5.14. The second kappa shape index (κ2) is 8.50. The van der Waals surface area contributed by atoms with Crippen LogP contribution in [0.15, 0.2) is 48.5 Å². The molecule has 0 radical (unpaired) electrons. The normalized spacial score (nSPS) is 19.6. The van der Waals surface area contributed by atoms with Gasteiger partial charge in [-0.3, -0.25) is 9.59 Å². The number of hydrogen-bond acceptors (Lipinski definition) is 2. The zero-order valence-electron chi connectivity index (χ0n) is 15.9. The standard InChI is InChI=1S/C22H24F2N2O2/c1-13-3-7-15(8-4-13)19(16-9-5-14(2)6-10-16)26-22(28)17-11-12-18(20(23)24)25-21(17)27/h3-10,17-20H,11-12H2,1-2H3,(H,25,27)(H,26,28). The van der Waals surface area contributed by atoms with E-state index in [0.717, 1.165) is 22.3 Å². The molecule has 0 saturated carbocycles. The monoisotopic (exact) mass is 386 g/mol. The maximum atomic E-state index is 12.8. The number of carbonyl (C=O) groups excluding carboxylic acids is 2. The Kier molecular flexibility index (Phi) is 6.07. The van der Waals surface area contributed by atoms with Crippen molar-refractivity contribution in [2.45, 2.75) is 45.2 Å². The van der Waals surface area contributed by atoms with Crippen LogP contribution in [0.5, 0.6) is 0 Å². The van der Waals surface area contributed by atoms with Crippen LogP contribution in [-0.2, 0) is 9.59 Å². The molecule has 148 valence electrons. The van der Waals surface area contributed by atoms with Crippen LogP contribution < -0.4 is 10.6 Å². The maximum Gasteiger partial charge on any atom is 0.258 e. The van der Waals surface area contributed by atoms with E-state index in [1.165, 1.54) is 0 Å². The fourth-order valence-electron chi connectivity index (χ4n) is 3.39. The minimum absolute atomic E-state index is 0.0845. The average Bonchev–Trinajstić information content (AvgIpc) is 2.67. The molecule has 2 atom stereocenters. The fraction of sp³-hybridized carbons (Fsp3) is 0.364. The Morgan fingerprint density at radius 3 is 1.89 bits per heavy atom. The molecule has 1 heterocycles. The first-order valence-electron chi connectivity index (χ1n) is 9.37. The number of carbonyl (C=O) groups is 2. The Balaban J connectivity index is 1.81. The van der Waals surface area contributed by atoms with Gasteiger partial charge in [-0.15, -0.1) is 0 Å². The lowest BCUT2D eigenvalue weighted by molar-refractivity contribution is -0.139. The Morgan fingerprint density at radius 1 is 0.964 bits per heavy atom. The van der Waals surface area contributed by atoms with E-state index in [1.54, 1.807) is 0 Å². The van der Waals surface area contributed by atoms with Crippen molar-refractivity contribution < 1.29 is 18.4 Å². The smallest absolute Gasteiger partial charge is 0.258 e. The lowest BCUT2D eigenvalue weighted by Gasteiger charge is -2.29. The van der Waals surface area contributed by atoms with Gasteiger partial charge in [-0.05, 0) is 37.8 Å². The molecule has 0 aliphatic carbocycles. The Morgan fingerprint density at radius 2 is 1.46 bits per heavy atom. The molecule has 0 spiro atoms. The predicted octanol–water partition coefficient (Wildman–Crippen LogP) is 3.67. The molecule has 0 bridgehead atoms. The summed E-state index contributed by atoms with van der Waals surface area (Å²) in [6.45, 7) is 3.96. The lowest BCUT2D eigenvalue weighted by atomic mass is 9.91. The van der Waals surface area contributed by atoms with Gasteiger partial charge in [0.1, 0.15) is 5.92 Å². The summed E-state index contributed by atoms with van der Waals surface area (Å²) in [5.74, 6) is -2.05. The van der Waals surface area contributed by atoms with Crippen LogP contribution in [-0.4, -0.2) is 24.3 Å². The van der Waals surface area contributed by atoms with E-state index in [2.05, 4.69) is 10.6 Å². The van der Waals surface area contributed by atoms with Gasteiger partial charge in [-0.25, -0.2) is 8.78 Å². The van der Waals surface area contributed by atoms with Crippen LogP contribution in [0.3, 0.4) is 0 Å². The molecule has 2 amide bonds. The Labute approximate surface area is 163 Å². The van der Waals surface area contributed by atoms with Gasteiger partial charge < -0.3 is 10.6 Å². The molecule has 1 saturated heterocycles. The number of halogens is 2. The van der Waals surface area contributed by atoms with Crippen molar-refractivity contribution in [2.75, 3.05) is 0 Å². The first-order valence-corrected chi connectivity index (χ1v) is 9.37. The molecule has 2 aromatic carbocycles. The molecule has 2 unspecified atom stereocenters. The number of benzene rings is 2. The summed E-state index contributed by atoms with van der Waals surface area (Å²) in [6, 6.07) is 14.0. The molecule has 2 aromatic rings. The summed E-state index contributed by atoms with van der Waals surface area (Å²) < 4.78 is 25.6. The Bertz CT molecular complexity index is 789. The van der Waals surface area contributed by atoms with E-state index in [4.69, 9.17) is 0 Å². The highest BCUT2D eigenvalue weighted by molar-refractivity contribution is 6.01. The van der Waals surface area contributed by atoms with Crippen molar-refractivity contribution in [1.82, 2.24) is 10.6 Å². The molecule has 28 heavy (non-hydrogen) atoms.